The maximum Gasteiger partial charge on any atom is 0.232 e. The summed E-state index contributed by atoms with van der Waals surface area (Å²) in [7, 11) is 0. The molecule has 1 amide bonds. The van der Waals surface area contributed by atoms with Crippen molar-refractivity contribution in [3.63, 3.8) is 0 Å². The first-order chi connectivity index (χ1) is 5.74. The number of piperidine rings is 1. The van der Waals surface area contributed by atoms with Crippen molar-refractivity contribution in [3.8, 4) is 0 Å². The number of hydrogen-bond acceptors (Lipinski definition) is 2. The van der Waals surface area contributed by atoms with Crippen LogP contribution in [0.2, 0.25) is 0 Å². The normalized spacial score (nSPS) is 19.7. The maximum absolute atomic E-state index is 11.4. The molecule has 0 N–H and O–H groups in total. The van der Waals surface area contributed by atoms with Crippen molar-refractivity contribution < 1.29 is 4.79 Å². The lowest BCUT2D eigenvalue weighted by Gasteiger charge is -2.29. The van der Waals surface area contributed by atoms with Crippen molar-refractivity contribution in [3.05, 3.63) is 0 Å². The van der Waals surface area contributed by atoms with E-state index in [1.54, 1.807) is 11.8 Å². The van der Waals surface area contributed by atoms with Crippen molar-refractivity contribution in [1.82, 2.24) is 4.90 Å². The molecule has 1 heterocycles. The number of rotatable bonds is 2. The molecule has 0 aromatic heterocycles. The number of carbonyl (C=O) groups excluding carboxylic acids is 1. The highest BCUT2D eigenvalue weighted by molar-refractivity contribution is 9.09. The first kappa shape index (κ1) is 10.4. The lowest BCUT2D eigenvalue weighted by Crippen LogP contribution is -2.39. The molecule has 0 spiro atoms. The van der Waals surface area contributed by atoms with Gasteiger partial charge >= 0.3 is 0 Å². The third-order valence-electron chi connectivity index (χ3n) is 2.05. The standard InChI is InChI=1S/C8H14BrNOS/c1-12-6-8(11)10-4-2-7(9)3-5-10/h7H,2-6H2,1H3. The Morgan fingerprint density at radius 1 is 1.58 bits per heavy atom. The summed E-state index contributed by atoms with van der Waals surface area (Å²) in [5.41, 5.74) is 0. The highest BCUT2D eigenvalue weighted by Gasteiger charge is 2.20. The van der Waals surface area contributed by atoms with E-state index in [1.807, 2.05) is 11.2 Å². The van der Waals surface area contributed by atoms with E-state index < -0.39 is 0 Å². The van der Waals surface area contributed by atoms with Crippen molar-refractivity contribution in [1.29, 1.82) is 0 Å². The highest BCUT2D eigenvalue weighted by Crippen LogP contribution is 2.17. The molecule has 2 nitrogen and oxygen atoms in total. The zero-order chi connectivity index (χ0) is 8.97. The van der Waals surface area contributed by atoms with Crippen molar-refractivity contribution in [2.24, 2.45) is 0 Å². The van der Waals surface area contributed by atoms with Crippen LogP contribution in [0, 0.1) is 0 Å². The molecular formula is C8H14BrNOS. The average molecular weight is 252 g/mol. The predicted molar refractivity (Wildman–Crippen MR) is 56.9 cm³/mol. The molecule has 70 valence electrons. The van der Waals surface area contributed by atoms with Gasteiger partial charge in [-0.15, -0.1) is 0 Å². The first-order valence-corrected chi connectivity index (χ1v) is 6.45. The number of hydrogen-bond donors (Lipinski definition) is 0. The van der Waals surface area contributed by atoms with Gasteiger partial charge in [0.2, 0.25) is 5.91 Å². The zero-order valence-electron chi connectivity index (χ0n) is 7.25. The Hall–Kier alpha value is 0.300. The van der Waals surface area contributed by atoms with E-state index in [2.05, 4.69) is 15.9 Å². The molecule has 0 radical (unpaired) electrons. The molecule has 1 rings (SSSR count). The summed E-state index contributed by atoms with van der Waals surface area (Å²) in [5, 5.41) is 0. The minimum atomic E-state index is 0.293. The molecular weight excluding hydrogens is 238 g/mol. The Bertz CT molecular complexity index is 157. The van der Waals surface area contributed by atoms with Crippen LogP contribution in [-0.2, 0) is 4.79 Å². The summed E-state index contributed by atoms with van der Waals surface area (Å²) in [6.07, 6.45) is 4.16. The van der Waals surface area contributed by atoms with Crippen LogP contribution in [0.15, 0.2) is 0 Å². The second kappa shape index (κ2) is 5.12. The maximum atomic E-state index is 11.4. The first-order valence-electron chi connectivity index (χ1n) is 4.15. The van der Waals surface area contributed by atoms with Gasteiger partial charge in [0.25, 0.3) is 0 Å². The van der Waals surface area contributed by atoms with Crippen LogP contribution in [-0.4, -0.2) is 40.7 Å². The summed E-state index contributed by atoms with van der Waals surface area (Å²) in [5.74, 6) is 0.925. The van der Waals surface area contributed by atoms with Crippen LogP contribution >= 0.6 is 27.7 Å². The van der Waals surface area contributed by atoms with Crippen LogP contribution in [0.5, 0.6) is 0 Å². The fourth-order valence-electron chi connectivity index (χ4n) is 1.31. The fraction of sp³-hybridized carbons (Fsp3) is 0.875. The molecule has 0 unspecified atom stereocenters. The number of nitrogens with zero attached hydrogens (tertiary/aromatic N) is 1. The second-order valence-corrected chi connectivity index (χ2v) is 5.15. The number of alkyl halides is 1. The minimum Gasteiger partial charge on any atom is -0.342 e. The van der Waals surface area contributed by atoms with E-state index in [1.165, 1.54) is 0 Å². The van der Waals surface area contributed by atoms with Gasteiger partial charge in [0, 0.05) is 17.9 Å². The Kier molecular flexibility index (Phi) is 4.43. The Morgan fingerprint density at radius 3 is 2.67 bits per heavy atom. The zero-order valence-corrected chi connectivity index (χ0v) is 9.66. The van der Waals surface area contributed by atoms with Gasteiger partial charge in [0.1, 0.15) is 0 Å². The van der Waals surface area contributed by atoms with E-state index >= 15 is 0 Å². The van der Waals surface area contributed by atoms with Gasteiger partial charge in [-0.1, -0.05) is 15.9 Å². The number of amides is 1. The van der Waals surface area contributed by atoms with E-state index in [0.29, 0.717) is 16.5 Å². The number of thioether (sulfide) groups is 1. The predicted octanol–water partition coefficient (Wildman–Crippen LogP) is 1.74. The molecule has 1 fully saturated rings. The monoisotopic (exact) mass is 251 g/mol. The van der Waals surface area contributed by atoms with Crippen molar-refractivity contribution >= 4 is 33.6 Å². The molecule has 0 saturated carbocycles. The summed E-state index contributed by atoms with van der Waals surface area (Å²) < 4.78 is 0. The van der Waals surface area contributed by atoms with Gasteiger partial charge in [-0.3, -0.25) is 4.79 Å². The Labute approximate surface area is 86.2 Å². The molecule has 1 saturated heterocycles. The topological polar surface area (TPSA) is 20.3 Å². The van der Waals surface area contributed by atoms with E-state index in [0.717, 1.165) is 25.9 Å². The van der Waals surface area contributed by atoms with Gasteiger partial charge in [0.05, 0.1) is 5.75 Å². The van der Waals surface area contributed by atoms with E-state index in [4.69, 9.17) is 0 Å². The summed E-state index contributed by atoms with van der Waals surface area (Å²) in [4.78, 5) is 14.0. The van der Waals surface area contributed by atoms with Crippen LogP contribution in [0.3, 0.4) is 0 Å². The third-order valence-corrected chi connectivity index (χ3v) is 3.50. The van der Waals surface area contributed by atoms with Gasteiger partial charge in [-0.25, -0.2) is 0 Å². The number of halogens is 1. The quantitative estimate of drug-likeness (QED) is 0.698. The van der Waals surface area contributed by atoms with E-state index in [9.17, 15) is 4.79 Å². The molecule has 4 heteroatoms. The molecule has 1 aliphatic heterocycles. The Morgan fingerprint density at radius 2 is 2.17 bits per heavy atom. The number of likely N-dealkylation sites (tertiary alicyclic amines) is 1. The molecule has 0 aromatic rings. The highest BCUT2D eigenvalue weighted by atomic mass is 79.9. The molecule has 0 atom stereocenters. The minimum absolute atomic E-state index is 0.293. The van der Waals surface area contributed by atoms with Crippen LogP contribution in [0.4, 0.5) is 0 Å². The summed E-state index contributed by atoms with van der Waals surface area (Å²) in [6.45, 7) is 1.85. The molecule has 0 bridgehead atoms. The third kappa shape index (κ3) is 2.98. The van der Waals surface area contributed by atoms with Gasteiger partial charge < -0.3 is 4.90 Å². The van der Waals surface area contributed by atoms with Gasteiger partial charge in [0.15, 0.2) is 0 Å². The molecule has 12 heavy (non-hydrogen) atoms. The second-order valence-electron chi connectivity index (χ2n) is 2.99. The van der Waals surface area contributed by atoms with Crippen molar-refractivity contribution in [2.75, 3.05) is 25.1 Å². The van der Waals surface area contributed by atoms with Crippen LogP contribution < -0.4 is 0 Å². The largest absolute Gasteiger partial charge is 0.342 e. The van der Waals surface area contributed by atoms with Crippen LogP contribution in [0.1, 0.15) is 12.8 Å². The molecule has 0 aromatic carbocycles. The molecule has 1 aliphatic rings. The van der Waals surface area contributed by atoms with Crippen LogP contribution in [0.25, 0.3) is 0 Å². The lowest BCUT2D eigenvalue weighted by molar-refractivity contribution is -0.129. The summed E-state index contributed by atoms with van der Waals surface area (Å²) >= 11 is 5.16. The summed E-state index contributed by atoms with van der Waals surface area (Å²) in [6, 6.07) is 0. The Balaban J connectivity index is 2.29. The number of carbonyl (C=O) groups is 1. The van der Waals surface area contributed by atoms with Crippen molar-refractivity contribution in [2.45, 2.75) is 17.7 Å². The smallest absolute Gasteiger partial charge is 0.232 e. The fourth-order valence-corrected chi connectivity index (χ4v) is 2.15. The van der Waals surface area contributed by atoms with Gasteiger partial charge in [-0.2, -0.15) is 11.8 Å². The SMILES string of the molecule is CSCC(=O)N1CCC(Br)CC1. The molecule has 0 aliphatic carbocycles. The lowest BCUT2D eigenvalue weighted by atomic mass is 10.1. The average Bonchev–Trinajstić information content (AvgIpc) is 2.06. The van der Waals surface area contributed by atoms with Gasteiger partial charge in [-0.05, 0) is 19.1 Å². The van der Waals surface area contributed by atoms with E-state index in [-0.39, 0.29) is 0 Å².